The van der Waals surface area contributed by atoms with Crippen molar-refractivity contribution >= 4 is 23.5 Å². The highest BCUT2D eigenvalue weighted by Gasteiger charge is 2.30. The molecule has 1 saturated carbocycles. The second-order valence-corrected chi connectivity index (χ2v) is 6.65. The van der Waals surface area contributed by atoms with Gasteiger partial charge in [-0.15, -0.1) is 0 Å². The Balaban J connectivity index is 0.000000192. The zero-order valence-corrected chi connectivity index (χ0v) is 15.3. The fraction of sp³-hybridized carbons (Fsp3) is 0.222. The third-order valence-corrected chi connectivity index (χ3v) is 4.43. The van der Waals surface area contributed by atoms with Crippen molar-refractivity contribution in [2.45, 2.75) is 23.7 Å². The number of ether oxygens (including phenoxy) is 1. The van der Waals surface area contributed by atoms with Gasteiger partial charge in [0.15, 0.2) is 0 Å². The van der Waals surface area contributed by atoms with Crippen LogP contribution in [0.4, 0.5) is 0 Å². The lowest BCUT2D eigenvalue weighted by atomic mass is 10.2. The molecule has 3 aromatic rings. The Morgan fingerprint density at radius 3 is 2.56 bits per heavy atom. The molecule has 4 rings (SSSR count). The van der Waals surface area contributed by atoms with Gasteiger partial charge in [-0.05, 0) is 55.1 Å². The molecule has 5 nitrogen and oxygen atoms in total. The zero-order chi connectivity index (χ0) is 17.6. The molecule has 25 heavy (non-hydrogen) atoms. The third-order valence-electron chi connectivity index (χ3n) is 3.65. The van der Waals surface area contributed by atoms with E-state index in [0.717, 1.165) is 23.3 Å². The van der Waals surface area contributed by atoms with E-state index in [2.05, 4.69) is 10.1 Å². The Hall–Kier alpha value is -2.02. The first-order chi connectivity index (χ1) is 12.2. The topological polar surface area (TPSA) is 74.2 Å². The van der Waals surface area contributed by atoms with E-state index in [1.54, 1.807) is 25.3 Å². The van der Waals surface area contributed by atoms with Crippen LogP contribution in [0.15, 0.2) is 57.9 Å². The maximum Gasteiger partial charge on any atom is 0.230 e. The van der Waals surface area contributed by atoms with E-state index in [0.29, 0.717) is 28.4 Å². The standard InChI is InChI=1S/C12H11ClN2O2.C6H7NS/c1-16-10-5-4-8(13)6-9(10)11-14-12(17-15-11)7-2-3-7;7-8-6-4-2-1-3-5-6/h4-7H,2-3H2,1H3;1-5H,7H2. The summed E-state index contributed by atoms with van der Waals surface area (Å²) in [5.41, 5.74) is 0.760. The van der Waals surface area contributed by atoms with Gasteiger partial charge in [0.2, 0.25) is 11.7 Å². The molecular formula is C18H18ClN3O2S. The summed E-state index contributed by atoms with van der Waals surface area (Å²) < 4.78 is 10.5. The predicted molar refractivity (Wildman–Crippen MR) is 99.8 cm³/mol. The number of nitrogens with zero attached hydrogens (tertiary/aromatic N) is 2. The van der Waals surface area contributed by atoms with Gasteiger partial charge < -0.3 is 9.26 Å². The van der Waals surface area contributed by atoms with E-state index >= 15 is 0 Å². The molecule has 1 aliphatic rings. The summed E-state index contributed by atoms with van der Waals surface area (Å²) in [7, 11) is 1.61. The van der Waals surface area contributed by atoms with Crippen LogP contribution in [0.3, 0.4) is 0 Å². The maximum atomic E-state index is 5.96. The van der Waals surface area contributed by atoms with Crippen LogP contribution in [0, 0.1) is 0 Å². The minimum atomic E-state index is 0.446. The normalized spacial score (nSPS) is 13.1. The Kier molecular flexibility index (Phi) is 5.96. The van der Waals surface area contributed by atoms with Crippen LogP contribution in [-0.2, 0) is 0 Å². The average molecular weight is 376 g/mol. The van der Waals surface area contributed by atoms with Gasteiger partial charge in [-0.1, -0.05) is 35.0 Å². The van der Waals surface area contributed by atoms with E-state index in [9.17, 15) is 0 Å². The smallest absolute Gasteiger partial charge is 0.230 e. The summed E-state index contributed by atoms with van der Waals surface area (Å²) in [6.07, 6.45) is 2.27. The summed E-state index contributed by atoms with van der Waals surface area (Å²) in [6, 6.07) is 15.2. The molecule has 2 N–H and O–H groups in total. The Labute approximate surface area is 155 Å². The van der Waals surface area contributed by atoms with Crippen LogP contribution in [0.1, 0.15) is 24.7 Å². The van der Waals surface area contributed by atoms with Gasteiger partial charge >= 0.3 is 0 Å². The third kappa shape index (κ3) is 4.75. The van der Waals surface area contributed by atoms with Gasteiger partial charge in [0.25, 0.3) is 0 Å². The van der Waals surface area contributed by atoms with Crippen molar-refractivity contribution in [1.29, 1.82) is 0 Å². The molecule has 7 heteroatoms. The van der Waals surface area contributed by atoms with E-state index in [1.165, 1.54) is 11.9 Å². The minimum Gasteiger partial charge on any atom is -0.496 e. The van der Waals surface area contributed by atoms with Crippen LogP contribution in [0.2, 0.25) is 5.02 Å². The summed E-state index contributed by atoms with van der Waals surface area (Å²) in [6.45, 7) is 0. The first kappa shape index (κ1) is 17.8. The number of methoxy groups -OCH3 is 1. The van der Waals surface area contributed by atoms with E-state index in [-0.39, 0.29) is 0 Å². The van der Waals surface area contributed by atoms with Crippen LogP contribution < -0.4 is 9.88 Å². The van der Waals surface area contributed by atoms with Gasteiger partial charge in [0.05, 0.1) is 12.7 Å². The predicted octanol–water partition coefficient (Wildman–Crippen LogP) is 4.93. The van der Waals surface area contributed by atoms with E-state index < -0.39 is 0 Å². The lowest BCUT2D eigenvalue weighted by molar-refractivity contribution is 0.379. The fourth-order valence-electron chi connectivity index (χ4n) is 2.19. The van der Waals surface area contributed by atoms with E-state index in [4.69, 9.17) is 26.0 Å². The zero-order valence-electron chi connectivity index (χ0n) is 13.7. The lowest BCUT2D eigenvalue weighted by Crippen LogP contribution is -1.89. The number of benzene rings is 2. The quantitative estimate of drug-likeness (QED) is 0.652. The van der Waals surface area contributed by atoms with Crippen molar-refractivity contribution in [3.63, 3.8) is 0 Å². The number of halogens is 1. The van der Waals surface area contributed by atoms with Crippen LogP contribution in [0.5, 0.6) is 5.75 Å². The Morgan fingerprint density at radius 2 is 1.96 bits per heavy atom. The molecule has 0 spiro atoms. The molecule has 0 atom stereocenters. The van der Waals surface area contributed by atoms with Crippen molar-refractivity contribution in [2.75, 3.05) is 7.11 Å². The highest BCUT2D eigenvalue weighted by molar-refractivity contribution is 7.97. The van der Waals surface area contributed by atoms with Crippen molar-refractivity contribution in [1.82, 2.24) is 10.1 Å². The summed E-state index contributed by atoms with van der Waals surface area (Å²) in [5, 5.41) is 9.86. The van der Waals surface area contributed by atoms with Crippen LogP contribution >= 0.6 is 23.5 Å². The van der Waals surface area contributed by atoms with Gasteiger partial charge in [-0.3, -0.25) is 5.14 Å². The minimum absolute atomic E-state index is 0.446. The molecular weight excluding hydrogens is 358 g/mol. The number of hydrogen-bond acceptors (Lipinski definition) is 6. The molecule has 1 aromatic heterocycles. The first-order valence-electron chi connectivity index (χ1n) is 7.80. The highest BCUT2D eigenvalue weighted by atomic mass is 35.5. The summed E-state index contributed by atoms with van der Waals surface area (Å²) in [5.74, 6) is 2.38. The molecule has 1 fully saturated rings. The molecule has 0 unspecified atom stereocenters. The molecule has 130 valence electrons. The second kappa shape index (κ2) is 8.38. The Morgan fingerprint density at radius 1 is 1.20 bits per heavy atom. The van der Waals surface area contributed by atoms with Gasteiger partial charge in [-0.25, -0.2) is 0 Å². The average Bonchev–Trinajstić information content (AvgIpc) is 3.40. The van der Waals surface area contributed by atoms with Crippen molar-refractivity contribution in [3.05, 3.63) is 59.4 Å². The van der Waals surface area contributed by atoms with Crippen molar-refractivity contribution in [3.8, 4) is 17.1 Å². The SMILES string of the molecule is COc1ccc(Cl)cc1-c1noc(C2CC2)n1.NSc1ccccc1. The van der Waals surface area contributed by atoms with Gasteiger partial charge in [0, 0.05) is 15.8 Å². The molecule has 0 radical (unpaired) electrons. The second-order valence-electron chi connectivity index (χ2n) is 5.51. The molecule has 1 heterocycles. The fourth-order valence-corrected chi connectivity index (χ4v) is 2.68. The lowest BCUT2D eigenvalue weighted by Gasteiger charge is -2.04. The number of hydrogen-bond donors (Lipinski definition) is 1. The summed E-state index contributed by atoms with van der Waals surface area (Å²) >= 11 is 7.23. The van der Waals surface area contributed by atoms with Crippen molar-refractivity contribution < 1.29 is 9.26 Å². The number of aromatic nitrogens is 2. The van der Waals surface area contributed by atoms with Gasteiger partial charge in [-0.2, -0.15) is 4.98 Å². The Bertz CT molecular complexity index is 822. The maximum absolute atomic E-state index is 5.96. The molecule has 1 aliphatic carbocycles. The molecule has 2 aromatic carbocycles. The largest absolute Gasteiger partial charge is 0.496 e. The van der Waals surface area contributed by atoms with Crippen molar-refractivity contribution in [2.24, 2.45) is 5.14 Å². The number of nitrogens with two attached hydrogens (primary N) is 1. The molecule has 0 bridgehead atoms. The molecule has 0 saturated heterocycles. The van der Waals surface area contributed by atoms with Crippen LogP contribution in [-0.4, -0.2) is 17.3 Å². The number of rotatable bonds is 4. The monoisotopic (exact) mass is 375 g/mol. The van der Waals surface area contributed by atoms with Gasteiger partial charge in [0.1, 0.15) is 5.75 Å². The first-order valence-corrected chi connectivity index (χ1v) is 9.06. The van der Waals surface area contributed by atoms with E-state index in [1.807, 2.05) is 30.3 Å². The summed E-state index contributed by atoms with van der Waals surface area (Å²) in [4.78, 5) is 5.48. The molecule has 0 aliphatic heterocycles. The van der Waals surface area contributed by atoms with Crippen LogP contribution in [0.25, 0.3) is 11.4 Å². The molecule has 0 amide bonds. The highest BCUT2D eigenvalue weighted by Crippen LogP contribution is 2.40.